The maximum atomic E-state index is 3.05. The van der Waals surface area contributed by atoms with E-state index in [-0.39, 0.29) is 0 Å². The Balaban J connectivity index is 2.39. The van der Waals surface area contributed by atoms with E-state index in [0.29, 0.717) is 0 Å². The van der Waals surface area contributed by atoms with Crippen LogP contribution in [-0.4, -0.2) is 0 Å². The highest BCUT2D eigenvalue weighted by molar-refractivity contribution is 8.06. The van der Waals surface area contributed by atoms with Crippen LogP contribution in [0.1, 0.15) is 0 Å². The van der Waals surface area contributed by atoms with Gasteiger partial charge in [-0.3, -0.25) is 0 Å². The molecule has 1 nitrogen and oxygen atoms in total. The molecule has 0 saturated carbocycles. The second-order valence-electron chi connectivity index (χ2n) is 2.08. The fourth-order valence-corrected chi connectivity index (χ4v) is 1.63. The molecule has 10 heavy (non-hydrogen) atoms. The molecule has 2 aliphatic rings. The Hall–Kier alpha value is -0.890. The van der Waals surface area contributed by atoms with Crippen molar-refractivity contribution in [3.05, 3.63) is 46.5 Å². The van der Waals surface area contributed by atoms with Crippen molar-refractivity contribution in [3.63, 3.8) is 0 Å². The topological polar surface area (TPSA) is 12.0 Å². The van der Waals surface area contributed by atoms with Gasteiger partial charge in [0.05, 0.1) is 0 Å². The maximum absolute atomic E-state index is 3.05. The summed E-state index contributed by atoms with van der Waals surface area (Å²) in [6.07, 6.45) is 10.2. The number of nitrogens with one attached hydrogen (secondary N) is 1. The van der Waals surface area contributed by atoms with Crippen LogP contribution in [0.15, 0.2) is 46.5 Å². The van der Waals surface area contributed by atoms with Gasteiger partial charge in [-0.05, 0) is 17.1 Å². The average Bonchev–Trinajstić information content (AvgIpc) is 2.05. The minimum atomic E-state index is 1.30. The van der Waals surface area contributed by atoms with E-state index in [1.807, 2.05) is 12.4 Å². The fourth-order valence-electron chi connectivity index (χ4n) is 0.922. The Kier molecular flexibility index (Phi) is 1.40. The second-order valence-corrected chi connectivity index (χ2v) is 3.02. The van der Waals surface area contributed by atoms with E-state index >= 15 is 0 Å². The minimum absolute atomic E-state index is 1.30. The molecule has 2 rings (SSSR count). The predicted molar refractivity (Wildman–Crippen MR) is 45.2 cm³/mol. The van der Waals surface area contributed by atoms with Crippen LogP contribution in [0.25, 0.3) is 0 Å². The molecule has 0 aromatic carbocycles. The predicted octanol–water partition coefficient (Wildman–Crippen LogP) is 2.13. The Labute approximate surface area is 64.2 Å². The van der Waals surface area contributed by atoms with E-state index in [9.17, 15) is 0 Å². The van der Waals surface area contributed by atoms with Crippen molar-refractivity contribution in [1.29, 1.82) is 0 Å². The Morgan fingerprint density at radius 2 is 2.40 bits per heavy atom. The van der Waals surface area contributed by atoms with Gasteiger partial charge in [-0.1, -0.05) is 23.9 Å². The molecular weight excluding hydrogens is 142 g/mol. The fraction of sp³-hybridized carbons (Fsp3) is 0. The molecule has 1 N–H and O–H groups in total. The van der Waals surface area contributed by atoms with Crippen molar-refractivity contribution in [2.75, 3.05) is 0 Å². The van der Waals surface area contributed by atoms with Crippen LogP contribution < -0.4 is 5.32 Å². The molecular formula is C8H7NS. The van der Waals surface area contributed by atoms with Gasteiger partial charge in [-0.2, -0.15) is 0 Å². The van der Waals surface area contributed by atoms with E-state index in [1.54, 1.807) is 11.8 Å². The van der Waals surface area contributed by atoms with Gasteiger partial charge in [0.1, 0.15) is 0 Å². The first-order chi connectivity index (χ1) is 4.97. The second kappa shape index (κ2) is 2.39. The van der Waals surface area contributed by atoms with Gasteiger partial charge >= 0.3 is 0 Å². The summed E-state index contributed by atoms with van der Waals surface area (Å²) in [6.45, 7) is 0. The summed E-state index contributed by atoms with van der Waals surface area (Å²) < 4.78 is 0. The zero-order chi connectivity index (χ0) is 6.81. The van der Waals surface area contributed by atoms with Crippen LogP contribution in [0.3, 0.4) is 0 Å². The van der Waals surface area contributed by atoms with Crippen molar-refractivity contribution in [3.8, 4) is 0 Å². The molecule has 50 valence electrons. The summed E-state index contributed by atoms with van der Waals surface area (Å²) in [6, 6.07) is 0. The lowest BCUT2D eigenvalue weighted by molar-refractivity contribution is 1.16. The zero-order valence-corrected chi connectivity index (χ0v) is 6.19. The summed E-state index contributed by atoms with van der Waals surface area (Å²) >= 11 is 1.75. The lowest BCUT2D eigenvalue weighted by Gasteiger charge is -2.12. The van der Waals surface area contributed by atoms with Gasteiger partial charge in [0.25, 0.3) is 0 Å². The number of rotatable bonds is 0. The van der Waals surface area contributed by atoms with E-state index in [1.165, 1.54) is 10.5 Å². The first-order valence-electron chi connectivity index (χ1n) is 3.13. The number of dihydropyridines is 1. The molecule has 0 aliphatic carbocycles. The van der Waals surface area contributed by atoms with Crippen molar-refractivity contribution < 1.29 is 0 Å². The highest BCUT2D eigenvalue weighted by atomic mass is 32.2. The van der Waals surface area contributed by atoms with E-state index < -0.39 is 0 Å². The number of thioether (sulfide) groups is 1. The third-order valence-corrected chi connectivity index (χ3v) is 2.31. The maximum Gasteiger partial charge on any atom is 0.0349 e. The van der Waals surface area contributed by atoms with Gasteiger partial charge in [0, 0.05) is 17.3 Å². The normalized spacial score (nSPS) is 20.8. The summed E-state index contributed by atoms with van der Waals surface area (Å²) in [4.78, 5) is 1.30. The monoisotopic (exact) mass is 149 g/mol. The quantitative estimate of drug-likeness (QED) is 0.566. The van der Waals surface area contributed by atoms with Gasteiger partial charge in [0.2, 0.25) is 0 Å². The third-order valence-electron chi connectivity index (χ3n) is 1.41. The minimum Gasteiger partial charge on any atom is -0.367 e. The third kappa shape index (κ3) is 0.907. The largest absolute Gasteiger partial charge is 0.367 e. The Morgan fingerprint density at radius 3 is 3.30 bits per heavy atom. The number of fused-ring (bicyclic) bond motifs is 1. The molecule has 0 fully saturated rings. The smallest absolute Gasteiger partial charge is 0.0349 e. The van der Waals surface area contributed by atoms with Crippen molar-refractivity contribution in [2.24, 2.45) is 0 Å². The molecule has 0 aromatic rings. The number of allylic oxidation sites excluding steroid dienone is 4. The van der Waals surface area contributed by atoms with Crippen LogP contribution in [0.4, 0.5) is 0 Å². The summed E-state index contributed by atoms with van der Waals surface area (Å²) in [5.74, 6) is 0. The molecule has 2 aliphatic heterocycles. The molecule has 0 atom stereocenters. The molecule has 0 saturated heterocycles. The Morgan fingerprint density at radius 1 is 1.40 bits per heavy atom. The molecule has 0 bridgehead atoms. The Bertz CT molecular complexity index is 258. The summed E-state index contributed by atoms with van der Waals surface area (Å²) in [5, 5.41) is 5.13. The van der Waals surface area contributed by atoms with Crippen molar-refractivity contribution >= 4 is 11.8 Å². The molecule has 2 heteroatoms. The lowest BCUT2D eigenvalue weighted by Crippen LogP contribution is -2.01. The van der Waals surface area contributed by atoms with E-state index in [0.717, 1.165) is 0 Å². The van der Waals surface area contributed by atoms with Crippen LogP contribution in [0.2, 0.25) is 0 Å². The van der Waals surface area contributed by atoms with Crippen LogP contribution in [0.5, 0.6) is 0 Å². The number of hydrogen-bond donors (Lipinski definition) is 1. The molecule has 0 unspecified atom stereocenters. The highest BCUT2D eigenvalue weighted by Crippen LogP contribution is 2.30. The van der Waals surface area contributed by atoms with Crippen molar-refractivity contribution in [2.45, 2.75) is 0 Å². The molecule has 0 radical (unpaired) electrons. The lowest BCUT2D eigenvalue weighted by atomic mass is 10.2. The first kappa shape index (κ1) is 5.86. The van der Waals surface area contributed by atoms with Crippen LogP contribution in [0, 0.1) is 0 Å². The zero-order valence-electron chi connectivity index (χ0n) is 5.37. The molecule has 2 heterocycles. The van der Waals surface area contributed by atoms with Crippen LogP contribution >= 0.6 is 11.8 Å². The van der Waals surface area contributed by atoms with E-state index in [2.05, 4.69) is 29.0 Å². The average molecular weight is 149 g/mol. The molecule has 0 spiro atoms. The van der Waals surface area contributed by atoms with Crippen molar-refractivity contribution in [1.82, 2.24) is 5.32 Å². The van der Waals surface area contributed by atoms with Crippen LogP contribution in [-0.2, 0) is 0 Å². The first-order valence-corrected chi connectivity index (χ1v) is 4.01. The van der Waals surface area contributed by atoms with Gasteiger partial charge < -0.3 is 5.32 Å². The van der Waals surface area contributed by atoms with Gasteiger partial charge in [0.15, 0.2) is 0 Å². The van der Waals surface area contributed by atoms with E-state index in [4.69, 9.17) is 0 Å². The highest BCUT2D eigenvalue weighted by Gasteiger charge is 2.05. The van der Waals surface area contributed by atoms with Gasteiger partial charge in [-0.25, -0.2) is 0 Å². The standard InChI is InChI=1S/C8H7NS/c1-2-7-3-4-9-6-8(7)10-5-1/h1-6,9H. The summed E-state index contributed by atoms with van der Waals surface area (Å²) in [5.41, 5.74) is 1.30. The molecule has 0 aromatic heterocycles. The number of hydrogen-bond acceptors (Lipinski definition) is 2. The SMILES string of the molecule is C1=CSC2=CNC=CC2=C1. The molecule has 0 amide bonds. The summed E-state index contributed by atoms with van der Waals surface area (Å²) in [7, 11) is 0. The van der Waals surface area contributed by atoms with Gasteiger partial charge in [-0.15, -0.1) is 0 Å².